The molecule has 0 aliphatic carbocycles. The molecule has 0 bridgehead atoms. The van der Waals surface area contributed by atoms with Crippen molar-refractivity contribution in [2.24, 2.45) is 0 Å². The summed E-state index contributed by atoms with van der Waals surface area (Å²) in [5.41, 5.74) is 2.64. The van der Waals surface area contributed by atoms with Gasteiger partial charge in [0.1, 0.15) is 0 Å². The summed E-state index contributed by atoms with van der Waals surface area (Å²) < 4.78 is 10.4. The number of unbranched alkanes of at least 4 members (excludes halogenated alkanes) is 1. The van der Waals surface area contributed by atoms with Crippen molar-refractivity contribution < 1.29 is 9.47 Å². The third-order valence-electron chi connectivity index (χ3n) is 3.59. The predicted octanol–water partition coefficient (Wildman–Crippen LogP) is 2.04. The lowest BCUT2D eigenvalue weighted by molar-refractivity contribution is 0.122. The van der Waals surface area contributed by atoms with Crippen LogP contribution in [0, 0.1) is 0 Å². The van der Waals surface area contributed by atoms with Gasteiger partial charge >= 0.3 is 0 Å². The van der Waals surface area contributed by atoms with Crippen LogP contribution >= 0.6 is 0 Å². The van der Waals surface area contributed by atoms with E-state index in [1.165, 1.54) is 17.7 Å². The summed E-state index contributed by atoms with van der Waals surface area (Å²) in [6.45, 7) is 6.52. The van der Waals surface area contributed by atoms with E-state index in [4.69, 9.17) is 9.47 Å². The van der Waals surface area contributed by atoms with Gasteiger partial charge in [0, 0.05) is 39.0 Å². The molecule has 4 nitrogen and oxygen atoms in total. The standard InChI is InChI=1S/C16H26N2O2/c1-19-11-3-2-8-17-14-15-4-6-16(7-5-15)18-9-12-20-13-10-18/h4-7,17H,2-3,8-14H2,1H3. The van der Waals surface area contributed by atoms with Gasteiger partial charge in [-0.1, -0.05) is 12.1 Å². The highest BCUT2D eigenvalue weighted by Crippen LogP contribution is 2.16. The molecule has 2 rings (SSSR count). The molecule has 0 amide bonds. The van der Waals surface area contributed by atoms with Crippen molar-refractivity contribution in [1.82, 2.24) is 5.32 Å². The van der Waals surface area contributed by atoms with Crippen LogP contribution < -0.4 is 10.2 Å². The van der Waals surface area contributed by atoms with Crippen molar-refractivity contribution in [1.29, 1.82) is 0 Å². The summed E-state index contributed by atoms with van der Waals surface area (Å²) in [4.78, 5) is 2.38. The molecule has 4 heteroatoms. The van der Waals surface area contributed by atoms with Crippen molar-refractivity contribution in [3.8, 4) is 0 Å². The predicted molar refractivity (Wildman–Crippen MR) is 82.3 cm³/mol. The smallest absolute Gasteiger partial charge is 0.0642 e. The maximum Gasteiger partial charge on any atom is 0.0642 e. The lowest BCUT2D eigenvalue weighted by Crippen LogP contribution is -2.36. The molecule has 1 aliphatic heterocycles. The number of nitrogens with one attached hydrogen (secondary N) is 1. The Morgan fingerprint density at radius 3 is 2.60 bits per heavy atom. The fourth-order valence-electron chi connectivity index (χ4n) is 2.38. The number of hydrogen-bond donors (Lipinski definition) is 1. The van der Waals surface area contributed by atoms with Gasteiger partial charge in [0.25, 0.3) is 0 Å². The van der Waals surface area contributed by atoms with Crippen LogP contribution in [-0.2, 0) is 16.0 Å². The number of ether oxygens (including phenoxy) is 2. The molecule has 0 aromatic heterocycles. The summed E-state index contributed by atoms with van der Waals surface area (Å²) in [5, 5.41) is 3.47. The van der Waals surface area contributed by atoms with Gasteiger partial charge in [-0.15, -0.1) is 0 Å². The number of methoxy groups -OCH3 is 1. The molecule has 1 N–H and O–H groups in total. The Bertz CT molecular complexity index is 361. The first-order valence-electron chi connectivity index (χ1n) is 7.51. The van der Waals surface area contributed by atoms with E-state index in [1.807, 2.05) is 0 Å². The van der Waals surface area contributed by atoms with Gasteiger partial charge in [0.05, 0.1) is 13.2 Å². The van der Waals surface area contributed by atoms with Crippen LogP contribution in [0.25, 0.3) is 0 Å². The number of benzene rings is 1. The molecule has 0 atom stereocenters. The summed E-state index contributed by atoms with van der Waals surface area (Å²) in [7, 11) is 1.75. The average molecular weight is 278 g/mol. The number of rotatable bonds is 8. The fourth-order valence-corrected chi connectivity index (χ4v) is 2.38. The Morgan fingerprint density at radius 2 is 1.90 bits per heavy atom. The normalized spacial score (nSPS) is 15.6. The Morgan fingerprint density at radius 1 is 1.15 bits per heavy atom. The summed E-state index contributed by atoms with van der Waals surface area (Å²) >= 11 is 0. The lowest BCUT2D eigenvalue weighted by atomic mass is 10.2. The second kappa shape index (κ2) is 8.95. The maximum absolute atomic E-state index is 5.38. The maximum atomic E-state index is 5.38. The monoisotopic (exact) mass is 278 g/mol. The minimum absolute atomic E-state index is 0.838. The van der Waals surface area contributed by atoms with E-state index in [0.717, 1.165) is 52.4 Å². The molecule has 1 saturated heterocycles. The van der Waals surface area contributed by atoms with E-state index in [1.54, 1.807) is 7.11 Å². The summed E-state index contributed by atoms with van der Waals surface area (Å²) in [6.07, 6.45) is 2.29. The highest BCUT2D eigenvalue weighted by atomic mass is 16.5. The quantitative estimate of drug-likeness (QED) is 0.738. The zero-order chi connectivity index (χ0) is 14.0. The summed E-state index contributed by atoms with van der Waals surface area (Å²) in [6, 6.07) is 8.86. The largest absolute Gasteiger partial charge is 0.385 e. The van der Waals surface area contributed by atoms with Crippen LogP contribution in [0.15, 0.2) is 24.3 Å². The van der Waals surface area contributed by atoms with E-state index in [0.29, 0.717) is 0 Å². The van der Waals surface area contributed by atoms with Gasteiger partial charge in [0.2, 0.25) is 0 Å². The van der Waals surface area contributed by atoms with Crippen LogP contribution in [0.3, 0.4) is 0 Å². The topological polar surface area (TPSA) is 33.7 Å². The van der Waals surface area contributed by atoms with Crippen molar-refractivity contribution >= 4 is 5.69 Å². The molecule has 1 fully saturated rings. The molecule has 0 unspecified atom stereocenters. The molecular formula is C16H26N2O2. The number of anilines is 1. The highest BCUT2D eigenvalue weighted by molar-refractivity contribution is 5.47. The molecule has 0 radical (unpaired) electrons. The van der Waals surface area contributed by atoms with E-state index in [9.17, 15) is 0 Å². The zero-order valence-corrected chi connectivity index (χ0v) is 12.4. The highest BCUT2D eigenvalue weighted by Gasteiger charge is 2.10. The molecule has 1 aromatic rings. The van der Waals surface area contributed by atoms with Crippen molar-refractivity contribution in [3.63, 3.8) is 0 Å². The first kappa shape index (κ1) is 15.3. The first-order chi connectivity index (χ1) is 9.90. The van der Waals surface area contributed by atoms with Crippen LogP contribution in [0.4, 0.5) is 5.69 Å². The molecular weight excluding hydrogens is 252 g/mol. The molecule has 20 heavy (non-hydrogen) atoms. The van der Waals surface area contributed by atoms with Crippen LogP contribution in [-0.4, -0.2) is 46.6 Å². The van der Waals surface area contributed by atoms with E-state index in [-0.39, 0.29) is 0 Å². The molecule has 1 aromatic carbocycles. The van der Waals surface area contributed by atoms with Gasteiger partial charge in [-0.3, -0.25) is 0 Å². The summed E-state index contributed by atoms with van der Waals surface area (Å²) in [5.74, 6) is 0. The Labute approximate surface area is 122 Å². The van der Waals surface area contributed by atoms with Gasteiger partial charge in [-0.25, -0.2) is 0 Å². The Balaban J connectivity index is 1.68. The third-order valence-corrected chi connectivity index (χ3v) is 3.59. The first-order valence-corrected chi connectivity index (χ1v) is 7.51. The molecule has 112 valence electrons. The minimum atomic E-state index is 0.838. The lowest BCUT2D eigenvalue weighted by Gasteiger charge is -2.28. The number of nitrogens with zero attached hydrogens (tertiary/aromatic N) is 1. The van der Waals surface area contributed by atoms with Gasteiger partial charge < -0.3 is 19.7 Å². The van der Waals surface area contributed by atoms with Gasteiger partial charge in [-0.05, 0) is 37.1 Å². The van der Waals surface area contributed by atoms with Gasteiger partial charge in [0.15, 0.2) is 0 Å². The van der Waals surface area contributed by atoms with Crippen molar-refractivity contribution in [2.45, 2.75) is 19.4 Å². The molecule has 1 heterocycles. The molecule has 0 spiro atoms. The Kier molecular flexibility index (Phi) is 6.84. The van der Waals surface area contributed by atoms with Crippen LogP contribution in [0.2, 0.25) is 0 Å². The van der Waals surface area contributed by atoms with E-state index >= 15 is 0 Å². The number of hydrogen-bond acceptors (Lipinski definition) is 4. The third kappa shape index (κ3) is 5.12. The zero-order valence-electron chi connectivity index (χ0n) is 12.4. The Hall–Kier alpha value is -1.10. The second-order valence-electron chi connectivity index (χ2n) is 5.14. The van der Waals surface area contributed by atoms with Crippen molar-refractivity contribution in [2.75, 3.05) is 51.5 Å². The van der Waals surface area contributed by atoms with Crippen LogP contribution in [0.1, 0.15) is 18.4 Å². The van der Waals surface area contributed by atoms with Crippen LogP contribution in [0.5, 0.6) is 0 Å². The molecule has 0 saturated carbocycles. The van der Waals surface area contributed by atoms with E-state index in [2.05, 4.69) is 34.5 Å². The number of morpholine rings is 1. The minimum Gasteiger partial charge on any atom is -0.385 e. The van der Waals surface area contributed by atoms with Crippen molar-refractivity contribution in [3.05, 3.63) is 29.8 Å². The van der Waals surface area contributed by atoms with Gasteiger partial charge in [-0.2, -0.15) is 0 Å². The second-order valence-corrected chi connectivity index (χ2v) is 5.14. The SMILES string of the molecule is COCCCCNCc1ccc(N2CCOCC2)cc1. The molecule has 1 aliphatic rings. The average Bonchev–Trinajstić information content (AvgIpc) is 2.52. The fraction of sp³-hybridized carbons (Fsp3) is 0.625. The van der Waals surface area contributed by atoms with E-state index < -0.39 is 0 Å².